The standard InChI is InChI=1S/C14H19NO2/c16-14(17)10-12-3-1-11(2-4-12)9-13-5-7-15-8-6-13/h1-4,13,15H,5-10H2,(H,16,17). The number of nitrogens with one attached hydrogen (secondary N) is 1. The normalized spacial score (nSPS) is 16.9. The first kappa shape index (κ1) is 12.1. The van der Waals surface area contributed by atoms with Crippen LogP contribution in [0.3, 0.4) is 0 Å². The third-order valence-electron chi connectivity index (χ3n) is 3.36. The predicted octanol–water partition coefficient (Wildman–Crippen LogP) is 1.86. The van der Waals surface area contributed by atoms with E-state index in [-0.39, 0.29) is 6.42 Å². The van der Waals surface area contributed by atoms with E-state index in [4.69, 9.17) is 5.11 Å². The molecule has 0 amide bonds. The van der Waals surface area contributed by atoms with Crippen molar-refractivity contribution in [1.29, 1.82) is 0 Å². The molecule has 3 nitrogen and oxygen atoms in total. The Balaban J connectivity index is 1.90. The van der Waals surface area contributed by atoms with E-state index in [9.17, 15) is 4.79 Å². The quantitative estimate of drug-likeness (QED) is 0.834. The molecule has 0 atom stereocenters. The van der Waals surface area contributed by atoms with Crippen LogP contribution >= 0.6 is 0 Å². The molecule has 3 heteroatoms. The SMILES string of the molecule is O=C(O)Cc1ccc(CC2CCNCC2)cc1. The van der Waals surface area contributed by atoms with Gasteiger partial charge in [-0.3, -0.25) is 4.79 Å². The Kier molecular flexibility index (Phi) is 4.15. The van der Waals surface area contributed by atoms with E-state index >= 15 is 0 Å². The van der Waals surface area contributed by atoms with Gasteiger partial charge < -0.3 is 10.4 Å². The second-order valence-corrected chi connectivity index (χ2v) is 4.78. The van der Waals surface area contributed by atoms with Gasteiger partial charge in [0, 0.05) is 0 Å². The molecule has 0 spiro atoms. The van der Waals surface area contributed by atoms with E-state index in [0.29, 0.717) is 0 Å². The lowest BCUT2D eigenvalue weighted by molar-refractivity contribution is -0.136. The highest BCUT2D eigenvalue weighted by Gasteiger charge is 2.13. The Morgan fingerprint density at radius 2 is 1.76 bits per heavy atom. The molecule has 0 bridgehead atoms. The Hall–Kier alpha value is -1.35. The number of hydrogen-bond donors (Lipinski definition) is 2. The zero-order valence-electron chi connectivity index (χ0n) is 9.98. The van der Waals surface area contributed by atoms with E-state index in [0.717, 1.165) is 31.0 Å². The highest BCUT2D eigenvalue weighted by atomic mass is 16.4. The molecule has 1 aliphatic rings. The van der Waals surface area contributed by atoms with Crippen molar-refractivity contribution in [2.45, 2.75) is 25.7 Å². The first-order valence-corrected chi connectivity index (χ1v) is 6.24. The minimum atomic E-state index is -0.767. The molecule has 1 aliphatic heterocycles. The van der Waals surface area contributed by atoms with E-state index in [2.05, 4.69) is 17.4 Å². The zero-order valence-corrected chi connectivity index (χ0v) is 9.98. The second-order valence-electron chi connectivity index (χ2n) is 4.78. The monoisotopic (exact) mass is 233 g/mol. The molecule has 0 saturated carbocycles. The second kappa shape index (κ2) is 5.82. The first-order valence-electron chi connectivity index (χ1n) is 6.24. The number of hydrogen-bond acceptors (Lipinski definition) is 2. The average molecular weight is 233 g/mol. The summed E-state index contributed by atoms with van der Waals surface area (Å²) in [6.45, 7) is 2.25. The molecule has 0 radical (unpaired) electrons. The van der Waals surface area contributed by atoms with Gasteiger partial charge in [0.15, 0.2) is 0 Å². The number of carbonyl (C=O) groups is 1. The van der Waals surface area contributed by atoms with Crippen LogP contribution in [0.1, 0.15) is 24.0 Å². The van der Waals surface area contributed by atoms with Crippen LogP contribution < -0.4 is 5.32 Å². The first-order chi connectivity index (χ1) is 8.24. The van der Waals surface area contributed by atoms with Crippen LogP contribution in [0, 0.1) is 5.92 Å². The third-order valence-corrected chi connectivity index (χ3v) is 3.36. The molecule has 1 aromatic carbocycles. The molecular formula is C14H19NO2. The van der Waals surface area contributed by atoms with E-state index < -0.39 is 5.97 Å². The molecule has 1 saturated heterocycles. The molecule has 1 aromatic rings. The summed E-state index contributed by atoms with van der Waals surface area (Å²) < 4.78 is 0. The minimum absolute atomic E-state index is 0.119. The van der Waals surface area contributed by atoms with Crippen LogP contribution in [0.15, 0.2) is 24.3 Å². The molecule has 1 heterocycles. The van der Waals surface area contributed by atoms with Crippen LogP contribution in [-0.2, 0) is 17.6 Å². The van der Waals surface area contributed by atoms with Gasteiger partial charge in [-0.25, -0.2) is 0 Å². The predicted molar refractivity (Wildman–Crippen MR) is 67.1 cm³/mol. The van der Waals surface area contributed by atoms with Crippen LogP contribution in [-0.4, -0.2) is 24.2 Å². The average Bonchev–Trinajstić information content (AvgIpc) is 2.32. The number of carboxylic acid groups (broad SMARTS) is 1. The summed E-state index contributed by atoms with van der Waals surface area (Å²) in [4.78, 5) is 10.6. The maximum Gasteiger partial charge on any atom is 0.307 e. The molecule has 2 N–H and O–H groups in total. The van der Waals surface area contributed by atoms with Crippen molar-refractivity contribution < 1.29 is 9.90 Å². The van der Waals surface area contributed by atoms with E-state index in [1.165, 1.54) is 18.4 Å². The Morgan fingerprint density at radius 3 is 2.35 bits per heavy atom. The molecule has 1 fully saturated rings. The van der Waals surface area contributed by atoms with E-state index in [1.54, 1.807) is 0 Å². The molecule has 92 valence electrons. The van der Waals surface area contributed by atoms with Crippen molar-refractivity contribution in [2.75, 3.05) is 13.1 Å². The third kappa shape index (κ3) is 3.86. The van der Waals surface area contributed by atoms with Gasteiger partial charge in [-0.1, -0.05) is 24.3 Å². The summed E-state index contributed by atoms with van der Waals surface area (Å²) in [5.41, 5.74) is 2.21. The molecule has 0 aromatic heterocycles. The largest absolute Gasteiger partial charge is 0.481 e. The summed E-state index contributed by atoms with van der Waals surface area (Å²) in [5.74, 6) is 0.0117. The minimum Gasteiger partial charge on any atom is -0.481 e. The lowest BCUT2D eigenvalue weighted by atomic mass is 9.90. The lowest BCUT2D eigenvalue weighted by Gasteiger charge is -2.22. The van der Waals surface area contributed by atoms with Gasteiger partial charge in [-0.05, 0) is 49.4 Å². The van der Waals surface area contributed by atoms with Gasteiger partial charge in [0.25, 0.3) is 0 Å². The van der Waals surface area contributed by atoms with Crippen LogP contribution in [0.25, 0.3) is 0 Å². The maximum absolute atomic E-state index is 10.6. The fraction of sp³-hybridized carbons (Fsp3) is 0.500. The summed E-state index contributed by atoms with van der Waals surface area (Å²) in [6, 6.07) is 8.01. The van der Waals surface area contributed by atoms with Gasteiger partial charge in [0.05, 0.1) is 6.42 Å². The number of piperidine rings is 1. The number of carboxylic acids is 1. The highest BCUT2D eigenvalue weighted by molar-refractivity contribution is 5.70. The fourth-order valence-electron chi connectivity index (χ4n) is 2.39. The van der Waals surface area contributed by atoms with Crippen LogP contribution in [0.4, 0.5) is 0 Å². The summed E-state index contributed by atoms with van der Waals surface area (Å²) >= 11 is 0. The molecule has 0 unspecified atom stereocenters. The molecule has 0 aliphatic carbocycles. The van der Waals surface area contributed by atoms with Crippen molar-refractivity contribution in [3.63, 3.8) is 0 Å². The van der Waals surface area contributed by atoms with E-state index in [1.807, 2.05) is 12.1 Å². The molecule has 17 heavy (non-hydrogen) atoms. The molecule has 2 rings (SSSR count). The Morgan fingerprint density at radius 1 is 1.18 bits per heavy atom. The van der Waals surface area contributed by atoms with Crippen molar-refractivity contribution in [2.24, 2.45) is 5.92 Å². The summed E-state index contributed by atoms with van der Waals surface area (Å²) in [7, 11) is 0. The number of benzene rings is 1. The number of rotatable bonds is 4. The Bertz CT molecular complexity index is 366. The maximum atomic E-state index is 10.6. The van der Waals surface area contributed by atoms with Crippen molar-refractivity contribution in [3.05, 3.63) is 35.4 Å². The van der Waals surface area contributed by atoms with Gasteiger partial charge in [0.1, 0.15) is 0 Å². The molecular weight excluding hydrogens is 214 g/mol. The zero-order chi connectivity index (χ0) is 12.1. The van der Waals surface area contributed by atoms with Crippen molar-refractivity contribution in [3.8, 4) is 0 Å². The highest BCUT2D eigenvalue weighted by Crippen LogP contribution is 2.18. The van der Waals surface area contributed by atoms with Crippen LogP contribution in [0.5, 0.6) is 0 Å². The topological polar surface area (TPSA) is 49.3 Å². The van der Waals surface area contributed by atoms with Crippen molar-refractivity contribution in [1.82, 2.24) is 5.32 Å². The summed E-state index contributed by atoms with van der Waals surface area (Å²) in [6.07, 6.45) is 3.73. The van der Waals surface area contributed by atoms with Gasteiger partial charge >= 0.3 is 5.97 Å². The van der Waals surface area contributed by atoms with Crippen LogP contribution in [0.2, 0.25) is 0 Å². The lowest BCUT2D eigenvalue weighted by Crippen LogP contribution is -2.28. The summed E-state index contributed by atoms with van der Waals surface area (Å²) in [5, 5.41) is 12.1. The Labute approximate surface area is 102 Å². The van der Waals surface area contributed by atoms with Gasteiger partial charge in [-0.2, -0.15) is 0 Å². The smallest absolute Gasteiger partial charge is 0.307 e. The number of aliphatic carboxylic acids is 1. The van der Waals surface area contributed by atoms with Crippen molar-refractivity contribution >= 4 is 5.97 Å². The van der Waals surface area contributed by atoms with Gasteiger partial charge in [0.2, 0.25) is 0 Å². The van der Waals surface area contributed by atoms with Gasteiger partial charge in [-0.15, -0.1) is 0 Å². The fourth-order valence-corrected chi connectivity index (χ4v) is 2.39.